The van der Waals surface area contributed by atoms with Crippen molar-refractivity contribution in [2.75, 3.05) is 32.8 Å². The topological polar surface area (TPSA) is 98.7 Å². The maximum atomic E-state index is 11.1. The van der Waals surface area contributed by atoms with Gasteiger partial charge in [0, 0.05) is 25.2 Å². The third kappa shape index (κ3) is 3.83. The molecule has 27 heavy (non-hydrogen) atoms. The number of non-ortho nitro benzene ring substituents is 1. The molecule has 0 spiro atoms. The lowest BCUT2D eigenvalue weighted by Gasteiger charge is -2.26. The first-order valence-corrected chi connectivity index (χ1v) is 8.64. The second-order valence-electron chi connectivity index (χ2n) is 6.18. The number of aliphatic imine (C=N–C) groups is 1. The number of rotatable bonds is 4. The third-order valence-electron chi connectivity index (χ3n) is 4.36. The zero-order valence-electron chi connectivity index (χ0n) is 14.6. The number of hydrogen-bond acceptors (Lipinski definition) is 7. The monoisotopic (exact) mass is 366 g/mol. The van der Waals surface area contributed by atoms with E-state index < -0.39 is 4.92 Å². The average molecular weight is 366 g/mol. The van der Waals surface area contributed by atoms with E-state index in [9.17, 15) is 10.1 Å². The summed E-state index contributed by atoms with van der Waals surface area (Å²) in [6, 6.07) is 13.9. The molecule has 9 nitrogen and oxygen atoms in total. The van der Waals surface area contributed by atoms with Crippen LogP contribution in [0.25, 0.3) is 11.0 Å². The van der Waals surface area contributed by atoms with Gasteiger partial charge in [-0.15, -0.1) is 5.10 Å². The molecule has 1 saturated heterocycles. The van der Waals surface area contributed by atoms with Crippen molar-refractivity contribution in [2.45, 2.75) is 0 Å². The van der Waals surface area contributed by atoms with Crippen LogP contribution in [-0.4, -0.2) is 63.5 Å². The van der Waals surface area contributed by atoms with E-state index in [4.69, 9.17) is 4.74 Å². The maximum Gasteiger partial charge on any atom is 0.271 e. The molecule has 1 fully saturated rings. The molecule has 138 valence electrons. The molecular weight excluding hydrogens is 348 g/mol. The van der Waals surface area contributed by atoms with Crippen LogP contribution in [0.5, 0.6) is 0 Å². The molecule has 0 amide bonds. The zero-order valence-corrected chi connectivity index (χ0v) is 14.6. The summed E-state index contributed by atoms with van der Waals surface area (Å²) in [5.74, 6) is 0.658. The molecule has 9 heteroatoms. The number of ether oxygens (including phenoxy) is 1. The van der Waals surface area contributed by atoms with Crippen LogP contribution in [0.1, 0.15) is 0 Å². The van der Waals surface area contributed by atoms with E-state index in [1.807, 2.05) is 24.3 Å². The minimum absolute atomic E-state index is 0.00502. The number of fused-ring (bicyclic) bond motifs is 1. The highest BCUT2D eigenvalue weighted by atomic mass is 16.6. The number of nitrogens with zero attached hydrogens (tertiary/aromatic N) is 6. The van der Waals surface area contributed by atoms with E-state index in [2.05, 4.69) is 20.2 Å². The lowest BCUT2D eigenvalue weighted by atomic mass is 10.3. The van der Waals surface area contributed by atoms with Crippen LogP contribution >= 0.6 is 0 Å². The first-order chi connectivity index (χ1) is 13.2. The lowest BCUT2D eigenvalue weighted by Crippen LogP contribution is -2.41. The number of para-hydroxylation sites is 1. The van der Waals surface area contributed by atoms with Gasteiger partial charge < -0.3 is 4.74 Å². The summed E-state index contributed by atoms with van der Waals surface area (Å²) in [6.07, 6.45) is 0. The van der Waals surface area contributed by atoms with Crippen molar-refractivity contribution in [3.05, 3.63) is 58.6 Å². The van der Waals surface area contributed by atoms with E-state index in [-0.39, 0.29) is 5.69 Å². The third-order valence-corrected chi connectivity index (χ3v) is 4.36. The van der Waals surface area contributed by atoms with Crippen LogP contribution < -0.4 is 0 Å². The van der Waals surface area contributed by atoms with Gasteiger partial charge >= 0.3 is 0 Å². The van der Waals surface area contributed by atoms with Crippen molar-refractivity contribution in [1.82, 2.24) is 19.9 Å². The maximum absolute atomic E-state index is 11.1. The average Bonchev–Trinajstić information content (AvgIpc) is 3.13. The van der Waals surface area contributed by atoms with Gasteiger partial charge in [0.1, 0.15) is 11.4 Å². The van der Waals surface area contributed by atoms with Crippen LogP contribution in [-0.2, 0) is 4.74 Å². The summed E-state index contributed by atoms with van der Waals surface area (Å²) >= 11 is 0. The molecule has 0 N–H and O–H groups in total. The Hall–Kier alpha value is -3.17. The van der Waals surface area contributed by atoms with Gasteiger partial charge in [0.25, 0.3) is 5.69 Å². The fourth-order valence-corrected chi connectivity index (χ4v) is 2.99. The largest absolute Gasteiger partial charge is 0.379 e. The van der Waals surface area contributed by atoms with Gasteiger partial charge in [0.05, 0.1) is 35.9 Å². The number of morpholine rings is 1. The molecule has 3 aromatic rings. The van der Waals surface area contributed by atoms with Crippen LogP contribution in [0, 0.1) is 10.1 Å². The molecule has 0 bridgehead atoms. The minimum atomic E-state index is -0.425. The van der Waals surface area contributed by atoms with Crippen molar-refractivity contribution < 1.29 is 9.66 Å². The number of benzene rings is 2. The first-order valence-electron chi connectivity index (χ1n) is 8.64. The summed E-state index contributed by atoms with van der Waals surface area (Å²) in [5.41, 5.74) is 2.12. The van der Waals surface area contributed by atoms with Gasteiger partial charge in [0.2, 0.25) is 0 Å². The van der Waals surface area contributed by atoms with Crippen LogP contribution in [0.4, 0.5) is 11.4 Å². The first kappa shape index (κ1) is 17.3. The molecule has 2 aromatic carbocycles. The molecule has 0 atom stereocenters. The predicted octanol–water partition coefficient (Wildman–Crippen LogP) is 2.25. The summed E-state index contributed by atoms with van der Waals surface area (Å²) < 4.78 is 7.11. The van der Waals surface area contributed by atoms with Crippen molar-refractivity contribution in [3.63, 3.8) is 0 Å². The second kappa shape index (κ2) is 7.60. The predicted molar refractivity (Wildman–Crippen MR) is 100 cm³/mol. The van der Waals surface area contributed by atoms with Crippen molar-refractivity contribution in [1.29, 1.82) is 0 Å². The Kier molecular flexibility index (Phi) is 4.86. The highest BCUT2D eigenvalue weighted by Crippen LogP contribution is 2.21. The Morgan fingerprint density at radius 3 is 2.81 bits per heavy atom. The number of hydrogen-bond donors (Lipinski definition) is 0. The van der Waals surface area contributed by atoms with E-state index in [0.717, 1.165) is 24.1 Å². The molecule has 1 aliphatic rings. The lowest BCUT2D eigenvalue weighted by molar-refractivity contribution is -0.384. The van der Waals surface area contributed by atoms with E-state index in [0.29, 0.717) is 31.3 Å². The molecule has 1 aliphatic heterocycles. The zero-order chi connectivity index (χ0) is 18.6. The standard InChI is InChI=1S/C18H18N6O3/c25-24(26)15-5-3-4-14(12-15)19-18(13-22-8-10-27-11-9-22)23-17-7-2-1-6-16(17)20-21-23/h1-7,12H,8-11,13H2. The normalized spacial score (nSPS) is 15.9. The summed E-state index contributed by atoms with van der Waals surface area (Å²) in [7, 11) is 0. The summed E-state index contributed by atoms with van der Waals surface area (Å²) in [5, 5.41) is 19.5. The van der Waals surface area contributed by atoms with Gasteiger partial charge in [-0.05, 0) is 18.2 Å². The number of nitro groups is 1. The smallest absolute Gasteiger partial charge is 0.271 e. The quantitative estimate of drug-likeness (QED) is 0.304. The van der Waals surface area contributed by atoms with Crippen molar-refractivity contribution >= 4 is 28.2 Å². The van der Waals surface area contributed by atoms with Gasteiger partial charge in [0.15, 0.2) is 0 Å². The van der Waals surface area contributed by atoms with E-state index in [1.54, 1.807) is 16.8 Å². The molecule has 0 saturated carbocycles. The Morgan fingerprint density at radius 1 is 1.19 bits per heavy atom. The van der Waals surface area contributed by atoms with Gasteiger partial charge in [-0.2, -0.15) is 4.68 Å². The summed E-state index contributed by atoms with van der Waals surface area (Å²) in [6.45, 7) is 3.46. The van der Waals surface area contributed by atoms with Crippen LogP contribution in [0.2, 0.25) is 0 Å². The fraction of sp³-hybridized carbons (Fsp3) is 0.278. The number of nitro benzene ring substituents is 1. The van der Waals surface area contributed by atoms with Gasteiger partial charge in [-0.3, -0.25) is 15.0 Å². The van der Waals surface area contributed by atoms with Crippen LogP contribution in [0.3, 0.4) is 0 Å². The molecule has 0 aliphatic carbocycles. The molecule has 0 radical (unpaired) electrons. The molecule has 0 unspecified atom stereocenters. The van der Waals surface area contributed by atoms with Crippen LogP contribution in [0.15, 0.2) is 53.5 Å². The second-order valence-corrected chi connectivity index (χ2v) is 6.18. The van der Waals surface area contributed by atoms with Crippen molar-refractivity contribution in [3.8, 4) is 0 Å². The minimum Gasteiger partial charge on any atom is -0.379 e. The highest BCUT2D eigenvalue weighted by molar-refractivity contribution is 5.94. The molecule has 2 heterocycles. The SMILES string of the molecule is O=[N+]([O-])c1cccc(N=C(CN2CCOCC2)n2nnc3ccccc32)c1. The highest BCUT2D eigenvalue weighted by Gasteiger charge is 2.17. The van der Waals surface area contributed by atoms with E-state index in [1.165, 1.54) is 12.1 Å². The Labute approximate surface area is 155 Å². The Bertz CT molecular complexity index is 993. The van der Waals surface area contributed by atoms with Gasteiger partial charge in [-0.25, -0.2) is 4.99 Å². The molecular formula is C18H18N6O3. The Balaban J connectivity index is 1.75. The number of aromatic nitrogens is 3. The Morgan fingerprint density at radius 2 is 2.00 bits per heavy atom. The molecule has 4 rings (SSSR count). The summed E-state index contributed by atoms with van der Waals surface area (Å²) in [4.78, 5) is 17.5. The van der Waals surface area contributed by atoms with Gasteiger partial charge in [-0.1, -0.05) is 23.4 Å². The van der Waals surface area contributed by atoms with Crippen molar-refractivity contribution in [2.24, 2.45) is 4.99 Å². The van der Waals surface area contributed by atoms with E-state index >= 15 is 0 Å². The molecule has 1 aromatic heterocycles. The fourth-order valence-electron chi connectivity index (χ4n) is 2.99.